The first kappa shape index (κ1) is 27.6. The van der Waals surface area contributed by atoms with Crippen LogP contribution >= 0.6 is 0 Å². The van der Waals surface area contributed by atoms with E-state index in [4.69, 9.17) is 23.7 Å². The van der Waals surface area contributed by atoms with Gasteiger partial charge in [0.25, 0.3) is 0 Å². The van der Waals surface area contributed by atoms with Crippen molar-refractivity contribution in [2.24, 2.45) is 0 Å². The van der Waals surface area contributed by atoms with Crippen LogP contribution in [0.15, 0.2) is 46.9 Å². The number of rotatable bonds is 13. The van der Waals surface area contributed by atoms with Crippen LogP contribution < -0.4 is 14.8 Å². The van der Waals surface area contributed by atoms with Gasteiger partial charge in [0.05, 0.1) is 25.0 Å². The number of nitrogens with zero attached hydrogens (tertiary/aromatic N) is 1. The van der Waals surface area contributed by atoms with E-state index in [1.165, 1.54) is 0 Å². The summed E-state index contributed by atoms with van der Waals surface area (Å²) >= 11 is 0. The van der Waals surface area contributed by atoms with Crippen LogP contribution in [0.5, 0.6) is 11.5 Å². The zero-order valence-corrected chi connectivity index (χ0v) is 21.7. The standard InChI is InChI=1S/C28H34N2O7/c1-5-34-23-8-6-7-21(15-23)27-30-25(19(4)37-27)13-14-35-24-11-9-20(10-12-26(31)32)22(16-24)17-29-28(33)36-18(2)3/h6-9,11,15-16,18H,5,10,12-14,17H2,1-4H3,(H,29,33)(H,31,32). The Kier molecular flexibility index (Phi) is 9.94. The molecule has 9 heteroatoms. The number of carboxylic acids is 1. The molecule has 3 rings (SSSR count). The fourth-order valence-corrected chi connectivity index (χ4v) is 3.70. The van der Waals surface area contributed by atoms with Crippen LogP contribution in [0.1, 0.15) is 49.8 Å². The summed E-state index contributed by atoms with van der Waals surface area (Å²) in [5.74, 6) is 1.73. The number of amides is 1. The number of ether oxygens (including phenoxy) is 3. The van der Waals surface area contributed by atoms with Gasteiger partial charge in [-0.3, -0.25) is 4.79 Å². The van der Waals surface area contributed by atoms with E-state index >= 15 is 0 Å². The van der Waals surface area contributed by atoms with Crippen LogP contribution in [0.25, 0.3) is 11.5 Å². The molecule has 0 atom stereocenters. The highest BCUT2D eigenvalue weighted by Crippen LogP contribution is 2.26. The highest BCUT2D eigenvalue weighted by atomic mass is 16.6. The molecule has 0 bridgehead atoms. The Labute approximate surface area is 216 Å². The Bertz CT molecular complexity index is 1200. The van der Waals surface area contributed by atoms with Crippen molar-refractivity contribution in [3.8, 4) is 23.0 Å². The fourth-order valence-electron chi connectivity index (χ4n) is 3.70. The molecule has 1 amide bonds. The Morgan fingerprint density at radius 1 is 1.05 bits per heavy atom. The number of oxazole rings is 1. The van der Waals surface area contributed by atoms with Crippen LogP contribution in [0.3, 0.4) is 0 Å². The van der Waals surface area contributed by atoms with Gasteiger partial charge >= 0.3 is 12.1 Å². The maximum absolute atomic E-state index is 11.9. The molecular formula is C28H34N2O7. The predicted molar refractivity (Wildman–Crippen MR) is 138 cm³/mol. The maximum Gasteiger partial charge on any atom is 0.407 e. The predicted octanol–water partition coefficient (Wildman–Crippen LogP) is 5.32. The number of aliphatic carboxylic acids is 1. The van der Waals surface area contributed by atoms with Crippen molar-refractivity contribution < 1.29 is 33.3 Å². The minimum absolute atomic E-state index is 0.00904. The molecular weight excluding hydrogens is 476 g/mol. The summed E-state index contributed by atoms with van der Waals surface area (Å²) in [6.45, 7) is 8.48. The Hall–Kier alpha value is -4.01. The van der Waals surface area contributed by atoms with E-state index in [2.05, 4.69) is 10.3 Å². The van der Waals surface area contributed by atoms with Crippen LogP contribution in [0.2, 0.25) is 0 Å². The highest BCUT2D eigenvalue weighted by Gasteiger charge is 2.14. The van der Waals surface area contributed by atoms with E-state index in [1.807, 2.05) is 50.2 Å². The van der Waals surface area contributed by atoms with Gasteiger partial charge in [-0.2, -0.15) is 0 Å². The van der Waals surface area contributed by atoms with Crippen molar-refractivity contribution in [2.45, 2.75) is 59.6 Å². The van der Waals surface area contributed by atoms with Crippen molar-refractivity contribution in [3.05, 3.63) is 65.0 Å². The van der Waals surface area contributed by atoms with Gasteiger partial charge in [0.15, 0.2) is 0 Å². The Morgan fingerprint density at radius 2 is 1.84 bits per heavy atom. The van der Waals surface area contributed by atoms with Crippen molar-refractivity contribution in [1.29, 1.82) is 0 Å². The van der Waals surface area contributed by atoms with Gasteiger partial charge in [-0.05, 0) is 75.6 Å². The quantitative estimate of drug-likeness (QED) is 0.317. The molecule has 0 fully saturated rings. The molecule has 0 saturated heterocycles. The molecule has 3 aromatic rings. The van der Waals surface area contributed by atoms with Crippen molar-refractivity contribution in [3.63, 3.8) is 0 Å². The van der Waals surface area contributed by atoms with Gasteiger partial charge in [0.1, 0.15) is 17.3 Å². The number of aryl methyl sites for hydroxylation is 2. The largest absolute Gasteiger partial charge is 0.494 e. The highest BCUT2D eigenvalue weighted by molar-refractivity contribution is 5.68. The second-order valence-corrected chi connectivity index (χ2v) is 8.71. The average Bonchev–Trinajstić information content (AvgIpc) is 3.22. The van der Waals surface area contributed by atoms with E-state index in [9.17, 15) is 9.59 Å². The lowest BCUT2D eigenvalue weighted by Crippen LogP contribution is -2.26. The summed E-state index contributed by atoms with van der Waals surface area (Å²) in [5.41, 5.74) is 3.24. The second kappa shape index (κ2) is 13.3. The van der Waals surface area contributed by atoms with Crippen LogP contribution in [-0.4, -0.2) is 41.5 Å². The number of aromatic nitrogens is 1. The normalized spacial score (nSPS) is 10.8. The number of alkyl carbamates (subject to hydrolysis) is 1. The van der Waals surface area contributed by atoms with Gasteiger partial charge < -0.3 is 29.1 Å². The zero-order chi connectivity index (χ0) is 26.8. The number of benzene rings is 2. The zero-order valence-electron chi connectivity index (χ0n) is 21.7. The Morgan fingerprint density at radius 3 is 2.57 bits per heavy atom. The molecule has 9 nitrogen and oxygen atoms in total. The molecule has 1 aromatic heterocycles. The lowest BCUT2D eigenvalue weighted by atomic mass is 10.0. The summed E-state index contributed by atoms with van der Waals surface area (Å²) in [7, 11) is 0. The number of carbonyl (C=O) groups excluding carboxylic acids is 1. The molecule has 0 spiro atoms. The van der Waals surface area contributed by atoms with Crippen LogP contribution in [0, 0.1) is 6.92 Å². The van der Waals surface area contributed by atoms with Gasteiger partial charge in [-0.1, -0.05) is 12.1 Å². The van der Waals surface area contributed by atoms with Crippen LogP contribution in [0.4, 0.5) is 4.79 Å². The molecule has 0 radical (unpaired) electrons. The van der Waals surface area contributed by atoms with E-state index in [0.717, 1.165) is 33.9 Å². The smallest absolute Gasteiger partial charge is 0.407 e. The van der Waals surface area contributed by atoms with Gasteiger partial charge in [-0.25, -0.2) is 9.78 Å². The van der Waals surface area contributed by atoms with Gasteiger partial charge in [0, 0.05) is 24.9 Å². The number of carboxylic acid groups (broad SMARTS) is 1. The molecule has 2 aromatic carbocycles. The topological polar surface area (TPSA) is 120 Å². The molecule has 1 heterocycles. The first-order valence-electron chi connectivity index (χ1n) is 12.4. The van der Waals surface area contributed by atoms with E-state index in [0.29, 0.717) is 37.7 Å². The molecule has 2 N–H and O–H groups in total. The summed E-state index contributed by atoms with van der Waals surface area (Å²) in [4.78, 5) is 27.6. The lowest BCUT2D eigenvalue weighted by Gasteiger charge is -2.14. The van der Waals surface area contributed by atoms with Gasteiger partial charge in [0.2, 0.25) is 5.89 Å². The molecule has 37 heavy (non-hydrogen) atoms. The third-order valence-corrected chi connectivity index (χ3v) is 5.44. The number of hydrogen-bond acceptors (Lipinski definition) is 7. The first-order valence-corrected chi connectivity index (χ1v) is 12.4. The SMILES string of the molecule is CCOc1cccc(-c2nc(CCOc3ccc(CCC(=O)O)c(CNC(=O)OC(C)C)c3)c(C)o2)c1. The first-order chi connectivity index (χ1) is 17.7. The summed E-state index contributed by atoms with van der Waals surface area (Å²) in [6.07, 6.45) is 0.0995. The summed E-state index contributed by atoms with van der Waals surface area (Å²) in [6, 6.07) is 13.0. The average molecular weight is 511 g/mol. The molecule has 0 aliphatic carbocycles. The molecule has 0 aliphatic rings. The van der Waals surface area contributed by atoms with Crippen molar-refractivity contribution in [2.75, 3.05) is 13.2 Å². The second-order valence-electron chi connectivity index (χ2n) is 8.71. The fraction of sp³-hybridized carbons (Fsp3) is 0.393. The maximum atomic E-state index is 11.9. The van der Waals surface area contributed by atoms with E-state index < -0.39 is 12.1 Å². The van der Waals surface area contributed by atoms with Crippen LogP contribution in [-0.2, 0) is 28.9 Å². The minimum Gasteiger partial charge on any atom is -0.494 e. The Balaban J connectivity index is 1.65. The third kappa shape index (κ3) is 8.56. The molecule has 0 saturated carbocycles. The van der Waals surface area contributed by atoms with E-state index in [-0.39, 0.29) is 19.1 Å². The number of nitrogens with one attached hydrogen (secondary N) is 1. The molecule has 198 valence electrons. The van der Waals surface area contributed by atoms with E-state index in [1.54, 1.807) is 19.9 Å². The summed E-state index contributed by atoms with van der Waals surface area (Å²) < 4.78 is 22.5. The molecule has 0 unspecified atom stereocenters. The number of hydrogen-bond donors (Lipinski definition) is 2. The lowest BCUT2D eigenvalue weighted by molar-refractivity contribution is -0.136. The van der Waals surface area contributed by atoms with Gasteiger partial charge in [-0.15, -0.1) is 0 Å². The van der Waals surface area contributed by atoms with Crippen molar-refractivity contribution in [1.82, 2.24) is 10.3 Å². The minimum atomic E-state index is -0.884. The third-order valence-electron chi connectivity index (χ3n) is 5.44. The number of carbonyl (C=O) groups is 2. The molecule has 0 aliphatic heterocycles. The summed E-state index contributed by atoms with van der Waals surface area (Å²) in [5, 5.41) is 11.8. The van der Waals surface area contributed by atoms with Crippen molar-refractivity contribution >= 4 is 12.1 Å². The monoisotopic (exact) mass is 510 g/mol.